The smallest absolute Gasteiger partial charge is 0.413 e. The van der Waals surface area contributed by atoms with E-state index in [1.54, 1.807) is 6.20 Å². The minimum atomic E-state index is -0.519. The summed E-state index contributed by atoms with van der Waals surface area (Å²) in [5.41, 5.74) is 0. The molecule has 6 heteroatoms. The molecule has 72 valence electrons. The second kappa shape index (κ2) is 5.04. The number of carbonyl (C=O) groups is 1. The molecule has 1 aromatic rings. The summed E-state index contributed by atoms with van der Waals surface area (Å²) >= 11 is 6.73. The highest BCUT2D eigenvalue weighted by Gasteiger charge is 2.04. The van der Waals surface area contributed by atoms with Crippen LogP contribution in [0.25, 0.3) is 0 Å². The number of halogens is 1. The molecule has 0 aliphatic carbocycles. The average Bonchev–Trinajstić information content (AvgIpc) is 2.48. The fraction of sp³-hybridized carbons (Fsp3) is 0.429. The van der Waals surface area contributed by atoms with Crippen LogP contribution in [-0.2, 0) is 4.74 Å². The second-order valence-corrected chi connectivity index (χ2v) is 3.84. The van der Waals surface area contributed by atoms with Crippen LogP contribution in [0.3, 0.4) is 0 Å². The number of amides is 1. The highest BCUT2D eigenvalue weighted by atomic mass is 35.5. The lowest BCUT2D eigenvalue weighted by atomic mass is 10.7. The van der Waals surface area contributed by atoms with Crippen LogP contribution in [0.4, 0.5) is 9.93 Å². The molecule has 0 fully saturated rings. The summed E-state index contributed by atoms with van der Waals surface area (Å²) in [5.74, 6) is 0.296. The van der Waals surface area contributed by atoms with Gasteiger partial charge in [-0.1, -0.05) is 0 Å². The number of nitrogens with one attached hydrogen (secondary N) is 1. The van der Waals surface area contributed by atoms with E-state index in [-0.39, 0.29) is 6.61 Å². The van der Waals surface area contributed by atoms with E-state index in [0.717, 1.165) is 4.88 Å². The van der Waals surface area contributed by atoms with Crippen molar-refractivity contribution in [3.8, 4) is 0 Å². The standard InChI is InChI=1S/C7H9ClN2O2S/c1-5-4-9-6(13-5)10-7(11)12-3-2-8/h4H,2-3H2,1H3,(H,9,10,11). The summed E-state index contributed by atoms with van der Waals surface area (Å²) in [6.07, 6.45) is 1.16. The van der Waals surface area contributed by atoms with Gasteiger partial charge in [0.1, 0.15) is 6.61 Å². The van der Waals surface area contributed by atoms with E-state index < -0.39 is 6.09 Å². The maximum Gasteiger partial charge on any atom is 0.413 e. The zero-order valence-corrected chi connectivity index (χ0v) is 8.61. The highest BCUT2D eigenvalue weighted by Crippen LogP contribution is 2.16. The van der Waals surface area contributed by atoms with Crippen LogP contribution in [-0.4, -0.2) is 23.6 Å². The van der Waals surface area contributed by atoms with Gasteiger partial charge in [0.15, 0.2) is 5.13 Å². The molecule has 4 nitrogen and oxygen atoms in total. The van der Waals surface area contributed by atoms with Crippen LogP contribution in [0.1, 0.15) is 4.88 Å². The van der Waals surface area contributed by atoms with Gasteiger partial charge in [-0.15, -0.1) is 22.9 Å². The Bertz CT molecular complexity index is 290. The number of carbonyl (C=O) groups excluding carboxylic acids is 1. The quantitative estimate of drug-likeness (QED) is 0.795. The summed E-state index contributed by atoms with van der Waals surface area (Å²) < 4.78 is 4.69. The largest absolute Gasteiger partial charge is 0.448 e. The molecule has 0 unspecified atom stereocenters. The lowest BCUT2D eigenvalue weighted by molar-refractivity contribution is 0.168. The zero-order valence-electron chi connectivity index (χ0n) is 7.04. The third kappa shape index (κ3) is 3.61. The fourth-order valence-corrected chi connectivity index (χ4v) is 1.39. The van der Waals surface area contributed by atoms with Gasteiger partial charge in [-0.2, -0.15) is 0 Å². The van der Waals surface area contributed by atoms with E-state index in [9.17, 15) is 4.79 Å². The first kappa shape index (κ1) is 10.3. The van der Waals surface area contributed by atoms with Crippen LogP contribution in [0.5, 0.6) is 0 Å². The fourth-order valence-electron chi connectivity index (χ4n) is 0.667. The maximum atomic E-state index is 11.0. The molecule has 0 bridgehead atoms. The lowest BCUT2D eigenvalue weighted by Gasteiger charge is -2.01. The Balaban J connectivity index is 2.36. The topological polar surface area (TPSA) is 51.2 Å². The summed E-state index contributed by atoms with van der Waals surface area (Å²) in [6, 6.07) is 0. The van der Waals surface area contributed by atoms with Crippen LogP contribution in [0.15, 0.2) is 6.20 Å². The number of anilines is 1. The van der Waals surface area contributed by atoms with Gasteiger partial charge in [0, 0.05) is 11.1 Å². The van der Waals surface area contributed by atoms with E-state index >= 15 is 0 Å². The molecule has 0 aromatic carbocycles. The summed E-state index contributed by atoms with van der Waals surface area (Å²) in [5, 5.41) is 3.02. The summed E-state index contributed by atoms with van der Waals surface area (Å²) in [4.78, 5) is 15.9. The number of nitrogens with zero attached hydrogens (tertiary/aromatic N) is 1. The second-order valence-electron chi connectivity index (χ2n) is 2.23. The number of thiazole rings is 1. The monoisotopic (exact) mass is 220 g/mol. The van der Waals surface area contributed by atoms with Gasteiger partial charge in [0.2, 0.25) is 0 Å². The van der Waals surface area contributed by atoms with E-state index in [4.69, 9.17) is 11.6 Å². The number of alkyl halides is 1. The third-order valence-electron chi connectivity index (χ3n) is 1.14. The Morgan fingerprint density at radius 3 is 3.15 bits per heavy atom. The highest BCUT2D eigenvalue weighted by molar-refractivity contribution is 7.15. The zero-order chi connectivity index (χ0) is 9.68. The molecule has 1 N–H and O–H groups in total. The molecular weight excluding hydrogens is 212 g/mol. The molecule has 0 saturated carbocycles. The Morgan fingerprint density at radius 2 is 2.62 bits per heavy atom. The number of hydrogen-bond donors (Lipinski definition) is 1. The molecule has 0 aliphatic heterocycles. The normalized spacial score (nSPS) is 9.69. The van der Waals surface area contributed by atoms with Crippen LogP contribution >= 0.6 is 22.9 Å². The summed E-state index contributed by atoms with van der Waals surface area (Å²) in [6.45, 7) is 2.12. The molecule has 0 spiro atoms. The van der Waals surface area contributed by atoms with E-state index in [2.05, 4.69) is 15.0 Å². The Hall–Kier alpha value is -0.810. The number of ether oxygens (including phenoxy) is 1. The molecule has 0 saturated heterocycles. The molecule has 0 atom stereocenters. The number of hydrogen-bond acceptors (Lipinski definition) is 4. The van der Waals surface area contributed by atoms with Crippen LogP contribution < -0.4 is 5.32 Å². The third-order valence-corrected chi connectivity index (χ3v) is 2.12. The minimum Gasteiger partial charge on any atom is -0.448 e. The van der Waals surface area contributed by atoms with Crippen molar-refractivity contribution in [1.82, 2.24) is 4.98 Å². The predicted molar refractivity (Wildman–Crippen MR) is 52.5 cm³/mol. The number of aryl methyl sites for hydroxylation is 1. The van der Waals surface area contributed by atoms with Crippen molar-refractivity contribution in [1.29, 1.82) is 0 Å². The lowest BCUT2D eigenvalue weighted by Crippen LogP contribution is -2.14. The van der Waals surface area contributed by atoms with Gasteiger partial charge >= 0.3 is 6.09 Å². The maximum absolute atomic E-state index is 11.0. The number of rotatable bonds is 3. The van der Waals surface area contributed by atoms with Crippen molar-refractivity contribution in [2.45, 2.75) is 6.92 Å². The van der Waals surface area contributed by atoms with Crippen molar-refractivity contribution in [2.24, 2.45) is 0 Å². The van der Waals surface area contributed by atoms with Crippen LogP contribution in [0.2, 0.25) is 0 Å². The van der Waals surface area contributed by atoms with Gasteiger partial charge in [0.05, 0.1) is 5.88 Å². The van der Waals surface area contributed by atoms with Gasteiger partial charge in [0.25, 0.3) is 0 Å². The van der Waals surface area contributed by atoms with E-state index in [1.807, 2.05) is 6.92 Å². The molecule has 0 aliphatic rings. The number of aromatic nitrogens is 1. The minimum absolute atomic E-state index is 0.206. The summed E-state index contributed by atoms with van der Waals surface area (Å²) in [7, 11) is 0. The van der Waals surface area contributed by atoms with Crippen molar-refractivity contribution in [2.75, 3.05) is 17.8 Å². The van der Waals surface area contributed by atoms with Gasteiger partial charge in [-0.3, -0.25) is 5.32 Å². The Kier molecular flexibility index (Phi) is 3.98. The Morgan fingerprint density at radius 1 is 1.85 bits per heavy atom. The van der Waals surface area contributed by atoms with Gasteiger partial charge in [-0.25, -0.2) is 9.78 Å². The van der Waals surface area contributed by atoms with Crippen molar-refractivity contribution < 1.29 is 9.53 Å². The molecule has 1 aromatic heterocycles. The molecule has 13 heavy (non-hydrogen) atoms. The van der Waals surface area contributed by atoms with Crippen molar-refractivity contribution >= 4 is 34.2 Å². The SMILES string of the molecule is Cc1cnc(NC(=O)OCCCl)s1. The Labute approximate surface area is 84.9 Å². The first-order valence-electron chi connectivity index (χ1n) is 3.64. The van der Waals surface area contributed by atoms with Gasteiger partial charge in [-0.05, 0) is 6.92 Å². The van der Waals surface area contributed by atoms with E-state index in [0.29, 0.717) is 11.0 Å². The molecule has 1 heterocycles. The predicted octanol–water partition coefficient (Wildman–Crippen LogP) is 2.24. The van der Waals surface area contributed by atoms with Crippen molar-refractivity contribution in [3.63, 3.8) is 0 Å². The van der Waals surface area contributed by atoms with E-state index in [1.165, 1.54) is 11.3 Å². The van der Waals surface area contributed by atoms with Crippen LogP contribution in [0, 0.1) is 6.92 Å². The molecule has 1 rings (SSSR count). The molecule has 0 radical (unpaired) electrons. The molecular formula is C7H9ClN2O2S. The first-order chi connectivity index (χ1) is 6.22. The average molecular weight is 221 g/mol. The molecule has 1 amide bonds. The van der Waals surface area contributed by atoms with Gasteiger partial charge < -0.3 is 4.74 Å². The first-order valence-corrected chi connectivity index (χ1v) is 4.99. The van der Waals surface area contributed by atoms with Crippen molar-refractivity contribution in [3.05, 3.63) is 11.1 Å².